The maximum Gasteiger partial charge on any atom is 0.0314 e. The van der Waals surface area contributed by atoms with Crippen molar-refractivity contribution in [2.45, 2.75) is 231 Å². The van der Waals surface area contributed by atoms with Crippen LogP contribution in [0.1, 0.15) is 259 Å². The Bertz CT molecular complexity index is 1610. The molecule has 0 heterocycles. The summed E-state index contributed by atoms with van der Waals surface area (Å²) in [6.45, 7) is 6.93. The Morgan fingerprint density at radius 1 is 0.381 bits per heavy atom. The van der Waals surface area contributed by atoms with Crippen LogP contribution in [-0.2, 0) is 5.41 Å². The van der Waals surface area contributed by atoms with E-state index in [0.717, 1.165) is 17.3 Å². The Hall–Kier alpha value is -3.52. The largest absolute Gasteiger partial charge is 0.399 e. The zero-order chi connectivity index (χ0) is 44.4. The molecule has 0 amide bonds. The van der Waals surface area contributed by atoms with Crippen LogP contribution in [0.25, 0.3) is 0 Å². The van der Waals surface area contributed by atoms with Gasteiger partial charge in [0.15, 0.2) is 0 Å². The fourth-order valence-electron chi connectivity index (χ4n) is 11.1. The number of benzene rings is 4. The maximum atomic E-state index is 6.20. The molecule has 2 atom stereocenters. The molecule has 1 aliphatic carbocycles. The van der Waals surface area contributed by atoms with Crippen LogP contribution in [0.2, 0.25) is 0 Å². The molecule has 0 saturated heterocycles. The molecular weight excluding hydrogens is 761 g/mol. The number of hydrogen-bond donors (Lipinski definition) is 2. The summed E-state index contributed by atoms with van der Waals surface area (Å²) in [7, 11) is 0. The fraction of sp³-hybridized carbons (Fsp3) is 0.607. The first-order valence-corrected chi connectivity index (χ1v) is 26.9. The zero-order valence-electron chi connectivity index (χ0n) is 40.8. The molecule has 63 heavy (non-hydrogen) atoms. The lowest BCUT2D eigenvalue weighted by atomic mass is 9.62. The first kappa shape index (κ1) is 50.5. The quantitative estimate of drug-likeness (QED) is 0.0380. The molecule has 2 nitrogen and oxygen atoms in total. The third kappa shape index (κ3) is 16.8. The third-order valence-electron chi connectivity index (χ3n) is 15.3. The summed E-state index contributed by atoms with van der Waals surface area (Å²) in [4.78, 5) is 0. The first-order valence-electron chi connectivity index (χ1n) is 26.9. The van der Waals surface area contributed by atoms with Gasteiger partial charge in [-0.15, -0.1) is 0 Å². The summed E-state index contributed by atoms with van der Waals surface area (Å²) >= 11 is 0. The number of unbranched alkanes of at least 4 members (excludes halogenated alkanes) is 20. The van der Waals surface area contributed by atoms with Gasteiger partial charge in [0.05, 0.1) is 0 Å². The Balaban J connectivity index is 1.35. The number of rotatable bonds is 32. The van der Waals surface area contributed by atoms with Crippen molar-refractivity contribution in [3.05, 3.63) is 130 Å². The van der Waals surface area contributed by atoms with Gasteiger partial charge in [-0.3, -0.25) is 0 Å². The van der Waals surface area contributed by atoms with Gasteiger partial charge in [-0.05, 0) is 102 Å². The molecule has 0 spiro atoms. The fourth-order valence-corrected chi connectivity index (χ4v) is 11.1. The van der Waals surface area contributed by atoms with E-state index in [1.807, 2.05) is 0 Å². The second kappa shape index (κ2) is 29.1. The van der Waals surface area contributed by atoms with Crippen molar-refractivity contribution in [3.8, 4) is 0 Å². The van der Waals surface area contributed by atoms with Gasteiger partial charge in [-0.1, -0.05) is 248 Å². The van der Waals surface area contributed by atoms with Crippen molar-refractivity contribution in [3.63, 3.8) is 0 Å². The lowest BCUT2D eigenvalue weighted by molar-refractivity contribution is 0.250. The summed E-state index contributed by atoms with van der Waals surface area (Å²) in [5.74, 6) is 1.66. The molecule has 4 aromatic rings. The normalized spacial score (nSPS) is 17.5. The van der Waals surface area contributed by atoms with Gasteiger partial charge in [-0.25, -0.2) is 0 Å². The van der Waals surface area contributed by atoms with Gasteiger partial charge in [0, 0.05) is 28.6 Å². The molecule has 4 aromatic carbocycles. The molecule has 2 heteroatoms. The van der Waals surface area contributed by atoms with Gasteiger partial charge < -0.3 is 11.5 Å². The zero-order valence-corrected chi connectivity index (χ0v) is 40.8. The predicted octanol–water partition coefficient (Wildman–Crippen LogP) is 18.8. The molecule has 0 aliphatic heterocycles. The highest BCUT2D eigenvalue weighted by atomic mass is 14.5. The van der Waals surface area contributed by atoms with Crippen molar-refractivity contribution >= 4 is 11.4 Å². The van der Waals surface area contributed by atoms with Crippen LogP contribution >= 0.6 is 0 Å². The van der Waals surface area contributed by atoms with E-state index >= 15 is 0 Å². The van der Waals surface area contributed by atoms with Crippen molar-refractivity contribution in [2.24, 2.45) is 5.92 Å². The standard InChI is InChI=1S/C61H92N2/c1-4-7-10-13-16-19-22-25-28-59(53-34-42-57(62)43-35-53)51-30-38-55(39-31-51)61(48-46-50(47-49-61)27-24-21-18-15-12-9-6-3)56-40-32-52(33-41-56)60(54-36-44-58(63)45-37-54)29-26-23-20-17-14-11-8-5-2/h30-45,50,59-60H,4-29,46-49,62-63H2,1-3H3. The molecule has 1 saturated carbocycles. The molecule has 0 bridgehead atoms. The Morgan fingerprint density at radius 2 is 0.667 bits per heavy atom. The molecular formula is C61H92N2. The van der Waals surface area contributed by atoms with E-state index in [9.17, 15) is 0 Å². The molecule has 5 rings (SSSR count). The number of nitrogen functional groups attached to an aromatic ring is 2. The highest BCUT2D eigenvalue weighted by Crippen LogP contribution is 2.48. The molecule has 1 aliphatic rings. The van der Waals surface area contributed by atoms with E-state index in [2.05, 4.69) is 118 Å². The maximum absolute atomic E-state index is 6.20. The predicted molar refractivity (Wildman–Crippen MR) is 278 cm³/mol. The van der Waals surface area contributed by atoms with Crippen molar-refractivity contribution in [2.75, 3.05) is 11.5 Å². The van der Waals surface area contributed by atoms with Crippen LogP contribution < -0.4 is 11.5 Å². The average molecular weight is 853 g/mol. The van der Waals surface area contributed by atoms with Crippen LogP contribution in [0, 0.1) is 5.92 Å². The van der Waals surface area contributed by atoms with Crippen LogP contribution in [0.3, 0.4) is 0 Å². The Morgan fingerprint density at radius 3 is 1.00 bits per heavy atom. The van der Waals surface area contributed by atoms with Crippen molar-refractivity contribution in [1.29, 1.82) is 0 Å². The minimum atomic E-state index is 0.0522. The van der Waals surface area contributed by atoms with Crippen LogP contribution in [0.15, 0.2) is 97.1 Å². The van der Waals surface area contributed by atoms with Gasteiger partial charge >= 0.3 is 0 Å². The molecule has 4 N–H and O–H groups in total. The first-order chi connectivity index (χ1) is 31.0. The summed E-state index contributed by atoms with van der Waals surface area (Å²) in [6, 6.07) is 37.7. The number of hydrogen-bond acceptors (Lipinski definition) is 2. The third-order valence-corrected chi connectivity index (χ3v) is 15.3. The minimum Gasteiger partial charge on any atom is -0.399 e. The second-order valence-electron chi connectivity index (χ2n) is 20.1. The second-order valence-corrected chi connectivity index (χ2v) is 20.1. The lowest BCUT2D eigenvalue weighted by Gasteiger charge is -2.42. The van der Waals surface area contributed by atoms with Crippen LogP contribution in [0.4, 0.5) is 11.4 Å². The lowest BCUT2D eigenvalue weighted by Crippen LogP contribution is -2.33. The number of anilines is 2. The molecule has 346 valence electrons. The molecule has 0 aromatic heterocycles. The average Bonchev–Trinajstić information content (AvgIpc) is 3.31. The van der Waals surface area contributed by atoms with Gasteiger partial charge in [-0.2, -0.15) is 0 Å². The topological polar surface area (TPSA) is 52.0 Å². The molecule has 1 fully saturated rings. The molecule has 0 radical (unpaired) electrons. The summed E-state index contributed by atoms with van der Waals surface area (Å²) in [6.07, 6.45) is 40.4. The minimum absolute atomic E-state index is 0.0522. The molecule has 2 unspecified atom stereocenters. The van der Waals surface area contributed by atoms with E-state index in [4.69, 9.17) is 11.5 Å². The SMILES string of the molecule is CCCCCCCCCCC(c1ccc(N)cc1)c1ccc(C2(c3ccc(C(CCCCCCCCCC)c4ccc(N)cc4)cc3)CCC(CCCCCCCCC)CC2)cc1. The van der Waals surface area contributed by atoms with Crippen LogP contribution in [-0.4, -0.2) is 0 Å². The van der Waals surface area contributed by atoms with Crippen LogP contribution in [0.5, 0.6) is 0 Å². The van der Waals surface area contributed by atoms with Crippen molar-refractivity contribution in [1.82, 2.24) is 0 Å². The van der Waals surface area contributed by atoms with E-state index in [1.165, 1.54) is 226 Å². The van der Waals surface area contributed by atoms with E-state index in [0.29, 0.717) is 11.8 Å². The van der Waals surface area contributed by atoms with Crippen molar-refractivity contribution < 1.29 is 0 Å². The van der Waals surface area contributed by atoms with Gasteiger partial charge in [0.25, 0.3) is 0 Å². The smallest absolute Gasteiger partial charge is 0.0314 e. The Kier molecular flexibility index (Phi) is 23.3. The summed E-state index contributed by atoms with van der Waals surface area (Å²) in [5.41, 5.74) is 22.9. The Labute approximate surface area is 388 Å². The summed E-state index contributed by atoms with van der Waals surface area (Å²) < 4.78 is 0. The summed E-state index contributed by atoms with van der Waals surface area (Å²) in [5, 5.41) is 0. The van der Waals surface area contributed by atoms with E-state index < -0.39 is 0 Å². The highest BCUT2D eigenvalue weighted by molar-refractivity contribution is 5.47. The van der Waals surface area contributed by atoms with Gasteiger partial charge in [0.1, 0.15) is 0 Å². The number of nitrogens with two attached hydrogens (primary N) is 2. The van der Waals surface area contributed by atoms with E-state index in [1.54, 1.807) is 0 Å². The monoisotopic (exact) mass is 853 g/mol. The van der Waals surface area contributed by atoms with E-state index in [-0.39, 0.29) is 5.41 Å². The van der Waals surface area contributed by atoms with Gasteiger partial charge in [0.2, 0.25) is 0 Å². The highest BCUT2D eigenvalue weighted by Gasteiger charge is 2.38.